The van der Waals surface area contributed by atoms with Crippen molar-refractivity contribution in [1.29, 1.82) is 5.26 Å². The fourth-order valence-electron chi connectivity index (χ4n) is 3.28. The Morgan fingerprint density at radius 1 is 1.26 bits per heavy atom. The molecule has 0 aliphatic carbocycles. The molecule has 38 heavy (non-hydrogen) atoms. The number of alkyl halides is 5. The third-order valence-corrected chi connectivity index (χ3v) is 5.12. The number of hydrogen-bond acceptors (Lipinski definition) is 8. The molecule has 1 N–H and O–H groups in total. The third-order valence-electron chi connectivity index (χ3n) is 4.83. The minimum Gasteiger partial charge on any atom is -0.433 e. The fraction of sp³-hybridized carbons (Fsp3) is 0.190. The van der Waals surface area contributed by atoms with Crippen molar-refractivity contribution in [1.82, 2.24) is 35.0 Å². The van der Waals surface area contributed by atoms with Crippen LogP contribution < -0.4 is 10.1 Å². The molecular formula is C21H13ClF5N9O2. The van der Waals surface area contributed by atoms with E-state index in [0.29, 0.717) is 4.80 Å². The molecule has 0 unspecified atom stereocenters. The van der Waals surface area contributed by atoms with Crippen LogP contribution in [0.1, 0.15) is 33.1 Å². The van der Waals surface area contributed by atoms with Gasteiger partial charge in [0.2, 0.25) is 0 Å². The zero-order chi connectivity index (χ0) is 27.6. The molecular weight excluding hydrogens is 541 g/mol. The summed E-state index contributed by atoms with van der Waals surface area (Å²) in [7, 11) is 0. The van der Waals surface area contributed by atoms with Crippen molar-refractivity contribution in [3.8, 4) is 17.6 Å². The molecule has 0 radical (unpaired) electrons. The minimum atomic E-state index is -4.82. The van der Waals surface area contributed by atoms with Gasteiger partial charge in [-0.3, -0.25) is 4.79 Å². The van der Waals surface area contributed by atoms with Gasteiger partial charge in [0.1, 0.15) is 12.2 Å². The summed E-state index contributed by atoms with van der Waals surface area (Å²) < 4.78 is 70.0. The molecule has 1 amide bonds. The maximum absolute atomic E-state index is 13.3. The SMILES string of the molecule is Cc1cc(C#N)cc(OC(F)F)c1NC(=O)c1cc(Cn2nnc(C(F)(F)F)n2)nn1-c1ncccc1Cl. The van der Waals surface area contributed by atoms with Crippen molar-refractivity contribution in [3.05, 3.63) is 69.9 Å². The van der Waals surface area contributed by atoms with Gasteiger partial charge >= 0.3 is 12.8 Å². The van der Waals surface area contributed by atoms with Crippen LogP contribution in [0.15, 0.2) is 36.5 Å². The number of tetrazole rings is 1. The van der Waals surface area contributed by atoms with Gasteiger partial charge in [-0.1, -0.05) is 11.6 Å². The molecule has 0 saturated carbocycles. The summed E-state index contributed by atoms with van der Waals surface area (Å²) in [6.07, 6.45) is -3.46. The van der Waals surface area contributed by atoms with E-state index in [-0.39, 0.29) is 39.0 Å². The molecule has 17 heteroatoms. The zero-order valence-electron chi connectivity index (χ0n) is 18.9. The summed E-state index contributed by atoms with van der Waals surface area (Å²) in [5.74, 6) is -2.82. The maximum Gasteiger partial charge on any atom is 0.455 e. The molecule has 4 rings (SSSR count). The van der Waals surface area contributed by atoms with E-state index < -0.39 is 36.8 Å². The lowest BCUT2D eigenvalue weighted by molar-refractivity contribution is -0.145. The average Bonchev–Trinajstić information content (AvgIpc) is 3.48. The summed E-state index contributed by atoms with van der Waals surface area (Å²) in [6, 6.07) is 8.35. The summed E-state index contributed by atoms with van der Waals surface area (Å²) in [5, 5.41) is 25.4. The van der Waals surface area contributed by atoms with Gasteiger partial charge < -0.3 is 10.1 Å². The predicted octanol–water partition coefficient (Wildman–Crippen LogP) is 4.01. The molecule has 4 aromatic rings. The topological polar surface area (TPSA) is 136 Å². The van der Waals surface area contributed by atoms with Crippen molar-refractivity contribution in [3.63, 3.8) is 0 Å². The van der Waals surface area contributed by atoms with Gasteiger partial charge in [0.05, 0.1) is 28.0 Å². The minimum absolute atomic E-state index is 0.00583. The molecule has 11 nitrogen and oxygen atoms in total. The van der Waals surface area contributed by atoms with Crippen LogP contribution in [0.25, 0.3) is 5.82 Å². The average molecular weight is 554 g/mol. The zero-order valence-corrected chi connectivity index (χ0v) is 19.7. The van der Waals surface area contributed by atoms with E-state index in [0.717, 1.165) is 10.7 Å². The van der Waals surface area contributed by atoms with Gasteiger partial charge in [-0.05, 0) is 42.0 Å². The molecule has 0 atom stereocenters. The van der Waals surface area contributed by atoms with Gasteiger partial charge in [0.25, 0.3) is 11.7 Å². The van der Waals surface area contributed by atoms with Crippen LogP contribution in [0, 0.1) is 18.3 Å². The standard InChI is InChI=1S/C21H13ClF5N9O2/c1-10-5-11(8-28)6-15(38-20(23)24)16(10)30-18(37)14-7-12(9-35-33-19(31-34-35)21(25,26)27)32-36(14)17-13(22)3-2-4-29-17/h2-7,20H,9H2,1H3,(H,30,37). The molecule has 0 spiro atoms. The van der Waals surface area contributed by atoms with Crippen LogP contribution in [0.2, 0.25) is 5.02 Å². The number of ether oxygens (including phenoxy) is 1. The number of benzene rings is 1. The highest BCUT2D eigenvalue weighted by molar-refractivity contribution is 6.32. The second-order valence-corrected chi connectivity index (χ2v) is 7.90. The Kier molecular flexibility index (Phi) is 7.21. The molecule has 0 fully saturated rings. The van der Waals surface area contributed by atoms with Gasteiger partial charge in [-0.2, -0.15) is 37.1 Å². The molecule has 0 aliphatic heterocycles. The highest BCUT2D eigenvalue weighted by Crippen LogP contribution is 2.32. The third kappa shape index (κ3) is 5.67. The molecule has 0 saturated heterocycles. The summed E-state index contributed by atoms with van der Waals surface area (Å²) >= 11 is 6.21. The normalized spacial score (nSPS) is 11.4. The fourth-order valence-corrected chi connectivity index (χ4v) is 3.48. The van der Waals surface area contributed by atoms with Crippen molar-refractivity contribution in [2.24, 2.45) is 0 Å². The second kappa shape index (κ2) is 10.4. The number of nitriles is 1. The van der Waals surface area contributed by atoms with Crippen LogP contribution in [0.5, 0.6) is 5.75 Å². The Labute approximate surface area is 214 Å². The Balaban J connectivity index is 1.74. The predicted molar refractivity (Wildman–Crippen MR) is 119 cm³/mol. The number of nitrogens with one attached hydrogen (secondary N) is 1. The van der Waals surface area contributed by atoms with E-state index in [1.807, 2.05) is 0 Å². The van der Waals surface area contributed by atoms with Crippen LogP contribution >= 0.6 is 11.6 Å². The van der Waals surface area contributed by atoms with Crippen molar-refractivity contribution >= 4 is 23.2 Å². The lowest BCUT2D eigenvalue weighted by Gasteiger charge is -2.15. The number of carbonyl (C=O) groups is 1. The number of pyridine rings is 1. The van der Waals surface area contributed by atoms with E-state index in [1.165, 1.54) is 37.4 Å². The number of amides is 1. The number of nitrogens with zero attached hydrogens (tertiary/aromatic N) is 8. The number of carbonyl (C=O) groups excluding carboxylic acids is 1. The molecule has 1 aromatic carbocycles. The monoisotopic (exact) mass is 553 g/mol. The summed E-state index contributed by atoms with van der Waals surface area (Å²) in [4.78, 5) is 18.0. The van der Waals surface area contributed by atoms with Crippen molar-refractivity contribution < 1.29 is 31.5 Å². The van der Waals surface area contributed by atoms with Crippen LogP contribution in [0.4, 0.5) is 27.6 Å². The summed E-state index contributed by atoms with van der Waals surface area (Å²) in [5.41, 5.74) is -0.0976. The van der Waals surface area contributed by atoms with Crippen molar-refractivity contribution in [2.75, 3.05) is 5.32 Å². The van der Waals surface area contributed by atoms with Gasteiger partial charge in [0.15, 0.2) is 11.6 Å². The Morgan fingerprint density at radius 3 is 2.66 bits per heavy atom. The molecule has 196 valence electrons. The number of rotatable bonds is 7. The number of hydrogen-bond donors (Lipinski definition) is 1. The Hall–Kier alpha value is -4.65. The molecule has 0 bridgehead atoms. The lowest BCUT2D eigenvalue weighted by Crippen LogP contribution is -2.19. The van der Waals surface area contributed by atoms with Crippen LogP contribution in [-0.2, 0) is 12.7 Å². The number of aromatic nitrogens is 7. The molecule has 3 heterocycles. The van der Waals surface area contributed by atoms with Gasteiger partial charge in [-0.25, -0.2) is 9.67 Å². The largest absolute Gasteiger partial charge is 0.455 e. The first-order valence-corrected chi connectivity index (χ1v) is 10.7. The quantitative estimate of drug-likeness (QED) is 0.339. The molecule has 0 aliphatic rings. The number of halogens is 6. The van der Waals surface area contributed by atoms with Gasteiger partial charge in [-0.15, -0.1) is 10.2 Å². The highest BCUT2D eigenvalue weighted by atomic mass is 35.5. The van der Waals surface area contributed by atoms with E-state index in [9.17, 15) is 26.7 Å². The first kappa shape index (κ1) is 26.4. The summed E-state index contributed by atoms with van der Waals surface area (Å²) in [6.45, 7) is -2.21. The van der Waals surface area contributed by atoms with Gasteiger partial charge in [0, 0.05) is 12.3 Å². The van der Waals surface area contributed by atoms with E-state index in [2.05, 4.69) is 35.5 Å². The van der Waals surface area contributed by atoms with E-state index in [1.54, 1.807) is 6.07 Å². The number of anilines is 1. The van der Waals surface area contributed by atoms with Crippen LogP contribution in [0.3, 0.4) is 0 Å². The second-order valence-electron chi connectivity index (χ2n) is 7.49. The van der Waals surface area contributed by atoms with E-state index >= 15 is 0 Å². The first-order chi connectivity index (χ1) is 18.0. The van der Waals surface area contributed by atoms with Crippen LogP contribution in [-0.4, -0.2) is 47.5 Å². The molecule has 3 aromatic heterocycles. The number of aryl methyl sites for hydroxylation is 1. The van der Waals surface area contributed by atoms with E-state index in [4.69, 9.17) is 16.9 Å². The maximum atomic E-state index is 13.3. The lowest BCUT2D eigenvalue weighted by atomic mass is 10.1. The smallest absolute Gasteiger partial charge is 0.433 e. The first-order valence-electron chi connectivity index (χ1n) is 10.3. The Morgan fingerprint density at radius 2 is 2.03 bits per heavy atom. The Bertz CT molecular complexity index is 1540. The highest BCUT2D eigenvalue weighted by Gasteiger charge is 2.37. The van der Waals surface area contributed by atoms with Crippen molar-refractivity contribution in [2.45, 2.75) is 26.3 Å².